The van der Waals surface area contributed by atoms with E-state index in [1.54, 1.807) is 0 Å². The fraction of sp³-hybridized carbons (Fsp3) is 0.917. The minimum Gasteiger partial charge on any atom is -0.481 e. The Labute approximate surface area is 278 Å². The van der Waals surface area contributed by atoms with Crippen LogP contribution in [0, 0.1) is 53.3 Å². The molecule has 0 amide bonds. The Kier molecular flexibility index (Phi) is 20.5. The Morgan fingerprint density at radius 3 is 0.935 bits per heavy atom. The quantitative estimate of drug-likeness (QED) is 0.161. The first-order valence-corrected chi connectivity index (χ1v) is 17.5. The van der Waals surface area contributed by atoms with Crippen LogP contribution in [0.15, 0.2) is 0 Å². The van der Waals surface area contributed by atoms with Crippen molar-refractivity contribution < 1.29 is 50.1 Å². The number of hydrogen-bond donors (Lipinski definition) is 7. The van der Waals surface area contributed by atoms with Gasteiger partial charge in [-0.2, -0.15) is 0 Å². The van der Waals surface area contributed by atoms with Gasteiger partial charge in [0.25, 0.3) is 0 Å². The van der Waals surface area contributed by atoms with Crippen LogP contribution in [-0.4, -0.2) is 77.6 Å². The lowest BCUT2D eigenvalue weighted by atomic mass is 9.75. The van der Waals surface area contributed by atoms with Gasteiger partial charge in [-0.05, 0) is 91.8 Å². The summed E-state index contributed by atoms with van der Waals surface area (Å²) < 4.78 is 0. The van der Waals surface area contributed by atoms with Crippen LogP contribution in [-0.2, 0) is 14.4 Å². The molecule has 3 rings (SSSR count). The van der Waals surface area contributed by atoms with E-state index in [0.29, 0.717) is 35.5 Å². The molecule has 272 valence electrons. The summed E-state index contributed by atoms with van der Waals surface area (Å²) in [4.78, 5) is 30.5. The third-order valence-electron chi connectivity index (χ3n) is 10.2. The first kappa shape index (κ1) is 44.2. The molecule has 9 atom stereocenters. The molecule has 0 aromatic heterocycles. The molecule has 0 aromatic carbocycles. The molecule has 10 nitrogen and oxygen atoms in total. The van der Waals surface area contributed by atoms with Crippen molar-refractivity contribution in [3.63, 3.8) is 0 Å². The maximum absolute atomic E-state index is 10.3. The van der Waals surface area contributed by atoms with Crippen molar-refractivity contribution in [3.05, 3.63) is 0 Å². The van der Waals surface area contributed by atoms with Gasteiger partial charge < -0.3 is 35.7 Å². The molecular weight excluding hydrogens is 592 g/mol. The molecule has 7 N–H and O–H groups in total. The third-order valence-corrected chi connectivity index (χ3v) is 10.2. The van der Waals surface area contributed by atoms with Gasteiger partial charge in [0.2, 0.25) is 0 Å². The lowest BCUT2D eigenvalue weighted by molar-refractivity contribution is -0.170. The summed E-state index contributed by atoms with van der Waals surface area (Å²) in [7, 11) is 0. The highest BCUT2D eigenvalue weighted by atomic mass is 16.4. The Balaban J connectivity index is 0.000000588. The molecule has 0 spiro atoms. The largest absolute Gasteiger partial charge is 0.481 e. The summed E-state index contributed by atoms with van der Waals surface area (Å²) in [6.45, 7) is 20.0. The number of carboxylic acids is 3. The van der Waals surface area contributed by atoms with E-state index in [4.69, 9.17) is 20.4 Å². The van der Waals surface area contributed by atoms with Gasteiger partial charge in [0.15, 0.2) is 5.60 Å². The highest BCUT2D eigenvalue weighted by Gasteiger charge is 2.41. The maximum atomic E-state index is 10.3. The monoisotopic (exact) mass is 660 g/mol. The van der Waals surface area contributed by atoms with E-state index in [9.17, 15) is 29.7 Å². The van der Waals surface area contributed by atoms with Crippen LogP contribution >= 0.6 is 0 Å². The van der Waals surface area contributed by atoms with E-state index in [1.807, 2.05) is 0 Å². The fourth-order valence-corrected chi connectivity index (χ4v) is 7.17. The maximum Gasteiger partial charge on any atom is 0.336 e. The van der Waals surface area contributed by atoms with Crippen molar-refractivity contribution in [2.45, 2.75) is 157 Å². The first-order chi connectivity index (χ1) is 21.1. The van der Waals surface area contributed by atoms with Gasteiger partial charge in [0.1, 0.15) is 0 Å². The Morgan fingerprint density at radius 2 is 0.783 bits per heavy atom. The van der Waals surface area contributed by atoms with Gasteiger partial charge >= 0.3 is 17.9 Å². The second kappa shape index (κ2) is 21.3. The highest BCUT2D eigenvalue weighted by Crippen LogP contribution is 2.35. The van der Waals surface area contributed by atoms with Crippen LogP contribution in [0.5, 0.6) is 0 Å². The van der Waals surface area contributed by atoms with Crippen LogP contribution in [0.1, 0.15) is 133 Å². The van der Waals surface area contributed by atoms with Gasteiger partial charge in [-0.3, -0.25) is 9.59 Å². The number of aliphatic hydroxyl groups is 4. The zero-order valence-corrected chi connectivity index (χ0v) is 30.1. The van der Waals surface area contributed by atoms with E-state index in [0.717, 1.165) is 37.0 Å². The predicted octanol–water partition coefficient (Wildman–Crippen LogP) is 6.07. The zero-order valence-electron chi connectivity index (χ0n) is 30.1. The summed E-state index contributed by atoms with van der Waals surface area (Å²) in [5.41, 5.74) is -2.74. The predicted molar refractivity (Wildman–Crippen MR) is 179 cm³/mol. The molecule has 3 aliphatic rings. The molecule has 3 aliphatic carbocycles. The van der Waals surface area contributed by atoms with E-state index in [-0.39, 0.29) is 18.3 Å². The van der Waals surface area contributed by atoms with Crippen molar-refractivity contribution in [3.8, 4) is 0 Å². The summed E-state index contributed by atoms with van der Waals surface area (Å²) in [5, 5.41) is 62.9. The van der Waals surface area contributed by atoms with Gasteiger partial charge in [-0.1, -0.05) is 81.6 Å². The number of aliphatic hydroxyl groups excluding tert-OH is 3. The van der Waals surface area contributed by atoms with Crippen LogP contribution in [0.3, 0.4) is 0 Å². The molecule has 0 bridgehead atoms. The number of rotatable bonds is 8. The molecule has 0 aromatic rings. The topological polar surface area (TPSA) is 193 Å². The van der Waals surface area contributed by atoms with E-state index < -0.39 is 36.4 Å². The third kappa shape index (κ3) is 16.9. The number of aliphatic carboxylic acids is 3. The number of hydrogen-bond acceptors (Lipinski definition) is 7. The standard InChI is InChI=1S/3C10H20O.C6H8O7/c3*1-7(2)9-5-4-8(3)6-10(9)11;7-3(8)1-6(13,5(11)12)2-4(9)10/h3*7-11H,4-6H2,1-3H3;13H,1-2H2,(H,7,8)(H,9,10)(H,11,12). The Bertz CT molecular complexity index is 801. The normalized spacial score (nSPS) is 31.4. The van der Waals surface area contributed by atoms with Crippen LogP contribution in [0.4, 0.5) is 0 Å². The van der Waals surface area contributed by atoms with Gasteiger partial charge in [0.05, 0.1) is 31.2 Å². The van der Waals surface area contributed by atoms with Crippen LogP contribution in [0.2, 0.25) is 0 Å². The van der Waals surface area contributed by atoms with Crippen molar-refractivity contribution in [2.75, 3.05) is 0 Å². The molecule has 9 unspecified atom stereocenters. The van der Waals surface area contributed by atoms with Crippen molar-refractivity contribution in [1.82, 2.24) is 0 Å². The molecule has 3 saturated carbocycles. The Morgan fingerprint density at radius 1 is 0.543 bits per heavy atom. The highest BCUT2D eigenvalue weighted by molar-refractivity contribution is 5.88. The summed E-state index contributed by atoms with van der Waals surface area (Å²) in [6.07, 6.45) is 8.26. The van der Waals surface area contributed by atoms with Crippen LogP contribution in [0.25, 0.3) is 0 Å². The van der Waals surface area contributed by atoms with Crippen LogP contribution < -0.4 is 0 Å². The molecule has 10 heteroatoms. The summed E-state index contributed by atoms with van der Waals surface area (Å²) in [5.74, 6) is 0.825. The lowest BCUT2D eigenvalue weighted by Gasteiger charge is -2.33. The smallest absolute Gasteiger partial charge is 0.336 e. The first-order valence-electron chi connectivity index (χ1n) is 17.5. The second-order valence-electron chi connectivity index (χ2n) is 15.7. The van der Waals surface area contributed by atoms with Crippen molar-refractivity contribution in [2.24, 2.45) is 53.3 Å². The molecule has 0 aliphatic heterocycles. The molecular formula is C36H68O10. The average molecular weight is 661 g/mol. The Hall–Kier alpha value is -1.75. The lowest BCUT2D eigenvalue weighted by Crippen LogP contribution is -2.42. The van der Waals surface area contributed by atoms with E-state index in [2.05, 4.69) is 62.3 Å². The molecule has 0 radical (unpaired) electrons. The molecule has 0 saturated heterocycles. The van der Waals surface area contributed by atoms with Gasteiger partial charge in [-0.15, -0.1) is 0 Å². The molecule has 3 fully saturated rings. The molecule has 0 heterocycles. The fourth-order valence-electron chi connectivity index (χ4n) is 7.17. The summed E-state index contributed by atoms with van der Waals surface area (Å²) >= 11 is 0. The SMILES string of the molecule is CC1CCC(C(C)C)C(O)C1.CC1CCC(C(C)C)C(O)C1.CC1CCC(C(C)C)C(O)C1.O=C(O)CC(O)(CC(=O)O)C(=O)O. The van der Waals surface area contributed by atoms with Crippen molar-refractivity contribution in [1.29, 1.82) is 0 Å². The zero-order chi connectivity index (χ0) is 35.9. The summed E-state index contributed by atoms with van der Waals surface area (Å²) in [6, 6.07) is 0. The second-order valence-corrected chi connectivity index (χ2v) is 15.7. The number of carboxylic acid groups (broad SMARTS) is 3. The average Bonchev–Trinajstić information content (AvgIpc) is 2.88. The minimum atomic E-state index is -2.74. The van der Waals surface area contributed by atoms with Gasteiger partial charge in [0, 0.05) is 0 Å². The van der Waals surface area contributed by atoms with E-state index in [1.165, 1.54) is 38.5 Å². The number of carbonyl (C=O) groups is 3. The minimum absolute atomic E-state index is 0.0289. The van der Waals surface area contributed by atoms with Gasteiger partial charge in [-0.25, -0.2) is 4.79 Å². The van der Waals surface area contributed by atoms with Crippen molar-refractivity contribution >= 4 is 17.9 Å². The van der Waals surface area contributed by atoms with E-state index >= 15 is 0 Å². The molecule has 46 heavy (non-hydrogen) atoms.